The van der Waals surface area contributed by atoms with Crippen LogP contribution in [0.2, 0.25) is 5.02 Å². The number of anilines is 1. The van der Waals surface area contributed by atoms with Crippen LogP contribution in [0.15, 0.2) is 12.3 Å². The zero-order valence-corrected chi connectivity index (χ0v) is 11.8. The first-order valence-corrected chi connectivity index (χ1v) is 7.52. The third-order valence-corrected chi connectivity index (χ3v) is 4.32. The SMILES string of the molecule is Clc1cnc(NC2CCC2)nc1-c1cc(C2CC2)[nH]n1. The molecule has 0 saturated heterocycles. The van der Waals surface area contributed by atoms with Crippen LogP contribution in [-0.4, -0.2) is 26.2 Å². The van der Waals surface area contributed by atoms with Gasteiger partial charge >= 0.3 is 0 Å². The molecule has 0 unspecified atom stereocenters. The van der Waals surface area contributed by atoms with Gasteiger partial charge in [0.1, 0.15) is 11.4 Å². The van der Waals surface area contributed by atoms with E-state index in [-0.39, 0.29) is 0 Å². The van der Waals surface area contributed by atoms with Crippen molar-refractivity contribution >= 4 is 17.5 Å². The Kier molecular flexibility index (Phi) is 2.88. The largest absolute Gasteiger partial charge is 0.351 e. The number of hydrogen-bond donors (Lipinski definition) is 2. The van der Waals surface area contributed by atoms with E-state index in [0.29, 0.717) is 28.6 Å². The Balaban J connectivity index is 1.62. The zero-order valence-electron chi connectivity index (χ0n) is 11.1. The van der Waals surface area contributed by atoms with E-state index in [0.717, 1.165) is 5.69 Å². The van der Waals surface area contributed by atoms with Crippen molar-refractivity contribution in [2.75, 3.05) is 5.32 Å². The van der Waals surface area contributed by atoms with Gasteiger partial charge in [-0.1, -0.05) is 11.6 Å². The number of rotatable bonds is 4. The van der Waals surface area contributed by atoms with Gasteiger partial charge in [0.15, 0.2) is 0 Å². The second-order valence-electron chi connectivity index (χ2n) is 5.65. The van der Waals surface area contributed by atoms with Crippen LogP contribution in [0.4, 0.5) is 5.95 Å². The molecule has 0 aromatic carbocycles. The first kappa shape index (κ1) is 12.1. The van der Waals surface area contributed by atoms with Gasteiger partial charge in [-0.05, 0) is 38.2 Å². The van der Waals surface area contributed by atoms with Crippen molar-refractivity contribution in [1.29, 1.82) is 0 Å². The van der Waals surface area contributed by atoms with E-state index in [9.17, 15) is 0 Å². The molecule has 5 nitrogen and oxygen atoms in total. The summed E-state index contributed by atoms with van der Waals surface area (Å²) in [4.78, 5) is 8.77. The summed E-state index contributed by atoms with van der Waals surface area (Å²) in [5.74, 6) is 1.29. The summed E-state index contributed by atoms with van der Waals surface area (Å²) >= 11 is 6.21. The van der Waals surface area contributed by atoms with Crippen LogP contribution in [-0.2, 0) is 0 Å². The Morgan fingerprint density at radius 1 is 1.25 bits per heavy atom. The standard InChI is InChI=1S/C14H16ClN5/c15-10-7-16-14(17-9-2-1-3-9)18-13(10)12-6-11(19-20-12)8-4-5-8/h6-9H,1-5H2,(H,19,20)(H,16,17,18). The molecule has 20 heavy (non-hydrogen) atoms. The molecular formula is C14H16ClN5. The van der Waals surface area contributed by atoms with Crippen LogP contribution in [0, 0.1) is 0 Å². The maximum Gasteiger partial charge on any atom is 0.223 e. The Hall–Kier alpha value is -1.62. The van der Waals surface area contributed by atoms with Gasteiger partial charge in [0.05, 0.1) is 11.2 Å². The number of nitrogens with one attached hydrogen (secondary N) is 2. The molecule has 0 amide bonds. The number of halogens is 1. The van der Waals surface area contributed by atoms with Gasteiger partial charge < -0.3 is 5.32 Å². The lowest BCUT2D eigenvalue weighted by Crippen LogP contribution is -2.28. The van der Waals surface area contributed by atoms with E-state index in [1.807, 2.05) is 0 Å². The Bertz CT molecular complexity index is 630. The van der Waals surface area contributed by atoms with Crippen molar-refractivity contribution in [3.05, 3.63) is 23.0 Å². The number of aromatic nitrogens is 4. The van der Waals surface area contributed by atoms with Crippen LogP contribution in [0.3, 0.4) is 0 Å². The van der Waals surface area contributed by atoms with Crippen LogP contribution < -0.4 is 5.32 Å². The third kappa shape index (κ3) is 2.26. The highest BCUT2D eigenvalue weighted by molar-refractivity contribution is 6.32. The van der Waals surface area contributed by atoms with Crippen LogP contribution in [0.25, 0.3) is 11.4 Å². The molecule has 6 heteroatoms. The van der Waals surface area contributed by atoms with Gasteiger partial charge in [-0.15, -0.1) is 0 Å². The van der Waals surface area contributed by atoms with Gasteiger partial charge in [-0.2, -0.15) is 5.10 Å². The predicted octanol–water partition coefficient (Wildman–Crippen LogP) is 3.36. The molecule has 0 bridgehead atoms. The van der Waals surface area contributed by atoms with Crippen LogP contribution in [0.5, 0.6) is 0 Å². The van der Waals surface area contributed by atoms with E-state index in [1.54, 1.807) is 6.20 Å². The molecular weight excluding hydrogens is 274 g/mol. The highest BCUT2D eigenvalue weighted by atomic mass is 35.5. The van der Waals surface area contributed by atoms with Crippen molar-refractivity contribution in [3.8, 4) is 11.4 Å². The Morgan fingerprint density at radius 3 is 2.80 bits per heavy atom. The van der Waals surface area contributed by atoms with E-state index in [4.69, 9.17) is 11.6 Å². The van der Waals surface area contributed by atoms with E-state index < -0.39 is 0 Å². The third-order valence-electron chi connectivity index (χ3n) is 4.04. The van der Waals surface area contributed by atoms with Crippen molar-refractivity contribution < 1.29 is 0 Å². The second-order valence-corrected chi connectivity index (χ2v) is 6.05. The van der Waals surface area contributed by atoms with Gasteiger partial charge in [0.25, 0.3) is 0 Å². The molecule has 0 spiro atoms. The molecule has 104 valence electrons. The maximum absolute atomic E-state index is 6.21. The summed E-state index contributed by atoms with van der Waals surface area (Å²) in [6, 6.07) is 2.56. The lowest BCUT2D eigenvalue weighted by Gasteiger charge is -2.26. The first-order chi connectivity index (χ1) is 9.79. The lowest BCUT2D eigenvalue weighted by atomic mass is 9.93. The van der Waals surface area contributed by atoms with E-state index >= 15 is 0 Å². The molecule has 2 fully saturated rings. The number of nitrogens with zero attached hydrogens (tertiary/aromatic N) is 3. The van der Waals surface area contributed by atoms with Gasteiger partial charge in [-0.25, -0.2) is 9.97 Å². The molecule has 0 radical (unpaired) electrons. The normalized spacial score (nSPS) is 18.9. The average molecular weight is 290 g/mol. The molecule has 2 aromatic rings. The lowest BCUT2D eigenvalue weighted by molar-refractivity contribution is 0.443. The van der Waals surface area contributed by atoms with Gasteiger partial charge in [-0.3, -0.25) is 5.10 Å². The number of hydrogen-bond acceptors (Lipinski definition) is 4. The summed E-state index contributed by atoms with van der Waals surface area (Å²) in [6.45, 7) is 0. The molecule has 2 heterocycles. The highest BCUT2D eigenvalue weighted by Crippen LogP contribution is 2.40. The van der Waals surface area contributed by atoms with Crippen molar-refractivity contribution in [1.82, 2.24) is 20.2 Å². The summed E-state index contributed by atoms with van der Waals surface area (Å²) in [5, 5.41) is 11.3. The van der Waals surface area contributed by atoms with Gasteiger partial charge in [0.2, 0.25) is 5.95 Å². The Morgan fingerprint density at radius 2 is 2.10 bits per heavy atom. The fourth-order valence-electron chi connectivity index (χ4n) is 2.41. The topological polar surface area (TPSA) is 66.5 Å². The molecule has 0 aliphatic heterocycles. The predicted molar refractivity (Wildman–Crippen MR) is 77.9 cm³/mol. The van der Waals surface area contributed by atoms with Crippen molar-refractivity contribution in [2.24, 2.45) is 0 Å². The highest BCUT2D eigenvalue weighted by Gasteiger charge is 2.26. The van der Waals surface area contributed by atoms with Crippen LogP contribution >= 0.6 is 11.6 Å². The molecule has 0 atom stereocenters. The molecule has 2 aliphatic carbocycles. The maximum atomic E-state index is 6.21. The molecule has 4 rings (SSSR count). The minimum absolute atomic E-state index is 0.505. The summed E-state index contributed by atoms with van der Waals surface area (Å²) < 4.78 is 0. The monoisotopic (exact) mass is 289 g/mol. The molecule has 2 saturated carbocycles. The summed E-state index contributed by atoms with van der Waals surface area (Å²) in [5.41, 5.74) is 2.69. The molecule has 2 N–H and O–H groups in total. The van der Waals surface area contributed by atoms with Crippen LogP contribution in [0.1, 0.15) is 43.7 Å². The quantitative estimate of drug-likeness (QED) is 0.906. The Labute approximate surface area is 122 Å². The van der Waals surface area contributed by atoms with Crippen molar-refractivity contribution in [2.45, 2.75) is 44.1 Å². The summed E-state index contributed by atoms with van der Waals surface area (Å²) in [6.07, 6.45) is 7.80. The summed E-state index contributed by atoms with van der Waals surface area (Å²) in [7, 11) is 0. The zero-order chi connectivity index (χ0) is 13.5. The minimum atomic E-state index is 0.505. The van der Waals surface area contributed by atoms with E-state index in [1.165, 1.54) is 37.8 Å². The molecule has 2 aromatic heterocycles. The minimum Gasteiger partial charge on any atom is -0.351 e. The second kappa shape index (κ2) is 4.74. The van der Waals surface area contributed by atoms with E-state index in [2.05, 4.69) is 31.5 Å². The molecule has 2 aliphatic rings. The first-order valence-electron chi connectivity index (χ1n) is 7.14. The number of aromatic amines is 1. The smallest absolute Gasteiger partial charge is 0.223 e. The average Bonchev–Trinajstić information content (AvgIpc) is 3.14. The van der Waals surface area contributed by atoms with Crippen molar-refractivity contribution in [3.63, 3.8) is 0 Å². The fraction of sp³-hybridized carbons (Fsp3) is 0.500. The number of H-pyrrole nitrogens is 1. The van der Waals surface area contributed by atoms with Gasteiger partial charge in [0, 0.05) is 17.7 Å². The fourth-order valence-corrected chi connectivity index (χ4v) is 2.60.